The third kappa shape index (κ3) is 1.38. The standard InChI is InChI=1S/C4H6N2S2/c1-7-6-4-5-2-3-8-4/h2-3H,1H3,(H,5,6). The van der Waals surface area contributed by atoms with Crippen molar-refractivity contribution in [1.29, 1.82) is 0 Å². The number of nitrogens with zero attached hydrogens (tertiary/aromatic N) is 1. The molecule has 0 spiro atoms. The highest BCUT2D eigenvalue weighted by atomic mass is 32.2. The van der Waals surface area contributed by atoms with Gasteiger partial charge in [0.25, 0.3) is 0 Å². The Bertz CT molecular complexity index is 138. The van der Waals surface area contributed by atoms with Crippen molar-refractivity contribution in [2.45, 2.75) is 0 Å². The van der Waals surface area contributed by atoms with Gasteiger partial charge in [-0.2, -0.15) is 0 Å². The second kappa shape index (κ2) is 2.94. The fraction of sp³-hybridized carbons (Fsp3) is 0.250. The first-order valence-corrected chi connectivity index (χ1v) is 4.22. The Hall–Kier alpha value is -0.220. The molecule has 1 aromatic rings. The molecule has 0 saturated carbocycles. The molecule has 44 valence electrons. The Labute approximate surface area is 56.5 Å². The van der Waals surface area contributed by atoms with Crippen LogP contribution >= 0.6 is 23.3 Å². The van der Waals surface area contributed by atoms with Crippen LogP contribution in [0.25, 0.3) is 0 Å². The van der Waals surface area contributed by atoms with Crippen molar-refractivity contribution in [2.24, 2.45) is 0 Å². The number of nitrogens with one attached hydrogen (secondary N) is 1. The summed E-state index contributed by atoms with van der Waals surface area (Å²) in [5, 5.41) is 2.91. The molecule has 8 heavy (non-hydrogen) atoms. The average Bonchev–Trinajstić information content (AvgIpc) is 2.19. The molecule has 0 aromatic carbocycles. The Morgan fingerprint density at radius 3 is 3.25 bits per heavy atom. The lowest BCUT2D eigenvalue weighted by Gasteiger charge is -1.90. The fourth-order valence-corrected chi connectivity index (χ4v) is 1.40. The van der Waals surface area contributed by atoms with Crippen LogP contribution in [0.4, 0.5) is 5.13 Å². The van der Waals surface area contributed by atoms with Crippen molar-refractivity contribution in [3.8, 4) is 0 Å². The minimum atomic E-state index is 0.970. The highest BCUT2D eigenvalue weighted by Crippen LogP contribution is 2.12. The van der Waals surface area contributed by atoms with E-state index in [9.17, 15) is 0 Å². The summed E-state index contributed by atoms with van der Waals surface area (Å²) in [5.41, 5.74) is 0. The lowest BCUT2D eigenvalue weighted by Crippen LogP contribution is -1.79. The van der Waals surface area contributed by atoms with E-state index in [0.717, 1.165) is 5.13 Å². The first-order valence-electron chi connectivity index (χ1n) is 2.12. The van der Waals surface area contributed by atoms with Gasteiger partial charge in [0.1, 0.15) is 0 Å². The van der Waals surface area contributed by atoms with Crippen LogP contribution in [0.2, 0.25) is 0 Å². The van der Waals surface area contributed by atoms with E-state index in [4.69, 9.17) is 0 Å². The molecule has 0 bridgehead atoms. The van der Waals surface area contributed by atoms with Gasteiger partial charge < -0.3 is 4.72 Å². The maximum absolute atomic E-state index is 3.99. The van der Waals surface area contributed by atoms with Gasteiger partial charge in [-0.3, -0.25) is 0 Å². The number of rotatable bonds is 2. The monoisotopic (exact) mass is 146 g/mol. The second-order valence-electron chi connectivity index (χ2n) is 1.14. The zero-order valence-corrected chi connectivity index (χ0v) is 6.05. The van der Waals surface area contributed by atoms with Gasteiger partial charge in [-0.25, -0.2) is 4.98 Å². The highest BCUT2D eigenvalue weighted by Gasteiger charge is 1.86. The Balaban J connectivity index is 2.50. The Kier molecular flexibility index (Phi) is 2.17. The molecule has 0 atom stereocenters. The summed E-state index contributed by atoms with van der Waals surface area (Å²) >= 11 is 3.16. The molecule has 0 amide bonds. The molecule has 0 aliphatic heterocycles. The minimum Gasteiger partial charge on any atom is -0.306 e. The maximum atomic E-state index is 3.99. The largest absolute Gasteiger partial charge is 0.306 e. The van der Waals surface area contributed by atoms with Gasteiger partial charge >= 0.3 is 0 Å². The van der Waals surface area contributed by atoms with Gasteiger partial charge in [-0.15, -0.1) is 11.3 Å². The van der Waals surface area contributed by atoms with Crippen LogP contribution in [-0.4, -0.2) is 11.2 Å². The number of thiazole rings is 1. The Morgan fingerprint density at radius 2 is 2.75 bits per heavy atom. The zero-order valence-electron chi connectivity index (χ0n) is 4.42. The first kappa shape index (κ1) is 5.91. The number of hydrogen-bond acceptors (Lipinski definition) is 4. The lowest BCUT2D eigenvalue weighted by atomic mass is 11.0. The highest BCUT2D eigenvalue weighted by molar-refractivity contribution is 8.00. The van der Waals surface area contributed by atoms with Gasteiger partial charge in [0, 0.05) is 17.8 Å². The third-order valence-corrected chi connectivity index (χ3v) is 1.84. The van der Waals surface area contributed by atoms with Gasteiger partial charge in [-0.05, 0) is 0 Å². The zero-order chi connectivity index (χ0) is 5.82. The van der Waals surface area contributed by atoms with Crippen molar-refractivity contribution in [3.05, 3.63) is 11.6 Å². The lowest BCUT2D eigenvalue weighted by molar-refractivity contribution is 1.43. The Morgan fingerprint density at radius 1 is 1.88 bits per heavy atom. The first-order chi connectivity index (χ1) is 3.93. The quantitative estimate of drug-likeness (QED) is 0.644. The molecule has 1 aromatic heterocycles. The van der Waals surface area contributed by atoms with Gasteiger partial charge in [-0.1, -0.05) is 11.9 Å². The molecule has 0 aliphatic rings. The maximum Gasteiger partial charge on any atom is 0.192 e. The van der Waals surface area contributed by atoms with Gasteiger partial charge in [0.15, 0.2) is 5.13 Å². The van der Waals surface area contributed by atoms with E-state index in [1.54, 1.807) is 29.5 Å². The van der Waals surface area contributed by atoms with E-state index in [-0.39, 0.29) is 0 Å². The molecule has 0 fully saturated rings. The molecule has 0 aliphatic carbocycles. The summed E-state index contributed by atoms with van der Waals surface area (Å²) in [6, 6.07) is 0. The molecule has 1 heterocycles. The van der Waals surface area contributed by atoms with Crippen molar-refractivity contribution in [3.63, 3.8) is 0 Å². The molecule has 1 N–H and O–H groups in total. The van der Waals surface area contributed by atoms with Crippen LogP contribution in [0.1, 0.15) is 0 Å². The molecule has 2 nitrogen and oxygen atoms in total. The summed E-state index contributed by atoms with van der Waals surface area (Å²) in [7, 11) is 0. The molecule has 0 radical (unpaired) electrons. The van der Waals surface area contributed by atoms with Crippen LogP contribution < -0.4 is 4.72 Å². The van der Waals surface area contributed by atoms with E-state index in [0.29, 0.717) is 0 Å². The molecule has 1 rings (SSSR count). The number of anilines is 1. The van der Waals surface area contributed by atoms with Crippen LogP contribution in [0, 0.1) is 0 Å². The second-order valence-corrected chi connectivity index (χ2v) is 2.65. The number of aromatic nitrogens is 1. The summed E-state index contributed by atoms with van der Waals surface area (Å²) in [6.45, 7) is 0. The van der Waals surface area contributed by atoms with Crippen molar-refractivity contribution in [1.82, 2.24) is 4.98 Å². The summed E-state index contributed by atoms with van der Waals surface area (Å²) in [4.78, 5) is 3.99. The SMILES string of the molecule is CSNc1nccs1. The van der Waals surface area contributed by atoms with Crippen molar-refractivity contribution >= 4 is 28.4 Å². The van der Waals surface area contributed by atoms with E-state index < -0.39 is 0 Å². The van der Waals surface area contributed by atoms with Gasteiger partial charge in [0.2, 0.25) is 0 Å². The van der Waals surface area contributed by atoms with E-state index >= 15 is 0 Å². The summed E-state index contributed by atoms with van der Waals surface area (Å²) in [6.07, 6.45) is 3.75. The fourth-order valence-electron chi connectivity index (χ4n) is 0.361. The summed E-state index contributed by atoms with van der Waals surface area (Å²) < 4.78 is 3.01. The molecule has 4 heteroatoms. The molecule has 0 unspecified atom stereocenters. The third-order valence-electron chi connectivity index (χ3n) is 0.622. The van der Waals surface area contributed by atoms with E-state index in [2.05, 4.69) is 9.71 Å². The molecular weight excluding hydrogens is 140 g/mol. The smallest absolute Gasteiger partial charge is 0.192 e. The van der Waals surface area contributed by atoms with Gasteiger partial charge in [0.05, 0.1) is 0 Å². The predicted molar refractivity (Wildman–Crippen MR) is 39.3 cm³/mol. The van der Waals surface area contributed by atoms with Crippen LogP contribution in [0.5, 0.6) is 0 Å². The van der Waals surface area contributed by atoms with Crippen LogP contribution in [0.3, 0.4) is 0 Å². The molecular formula is C4H6N2S2. The van der Waals surface area contributed by atoms with E-state index in [1.165, 1.54) is 0 Å². The molecule has 0 saturated heterocycles. The van der Waals surface area contributed by atoms with Crippen LogP contribution in [0.15, 0.2) is 11.6 Å². The summed E-state index contributed by atoms with van der Waals surface area (Å²) in [5.74, 6) is 0. The minimum absolute atomic E-state index is 0.970. The average molecular weight is 146 g/mol. The van der Waals surface area contributed by atoms with Crippen LogP contribution in [-0.2, 0) is 0 Å². The number of hydrogen-bond donors (Lipinski definition) is 1. The predicted octanol–water partition coefficient (Wildman–Crippen LogP) is 1.83. The van der Waals surface area contributed by atoms with Crippen molar-refractivity contribution in [2.75, 3.05) is 11.0 Å². The van der Waals surface area contributed by atoms with Crippen molar-refractivity contribution < 1.29 is 0 Å². The normalized spacial score (nSPS) is 9.12. The topological polar surface area (TPSA) is 24.9 Å². The van der Waals surface area contributed by atoms with E-state index in [1.807, 2.05) is 11.6 Å².